The van der Waals surface area contributed by atoms with Crippen molar-refractivity contribution in [1.29, 1.82) is 0 Å². The molecule has 4 rings (SSSR count). The van der Waals surface area contributed by atoms with Gasteiger partial charge in [0.05, 0.1) is 6.20 Å². The summed E-state index contributed by atoms with van der Waals surface area (Å²) in [5.74, 6) is 0.837. The Kier molecular flexibility index (Phi) is 4.13. The third kappa shape index (κ3) is 3.33. The minimum absolute atomic E-state index is 0.196. The van der Waals surface area contributed by atoms with E-state index in [2.05, 4.69) is 29.5 Å². The van der Waals surface area contributed by atoms with Crippen molar-refractivity contribution >= 4 is 5.91 Å². The maximum atomic E-state index is 12.5. The van der Waals surface area contributed by atoms with Crippen LogP contribution in [0.4, 0.5) is 0 Å². The van der Waals surface area contributed by atoms with Gasteiger partial charge in [0.25, 0.3) is 0 Å². The van der Waals surface area contributed by atoms with Gasteiger partial charge >= 0.3 is 0 Å². The van der Waals surface area contributed by atoms with Gasteiger partial charge in [-0.15, -0.1) is 5.10 Å². The molecule has 2 atom stereocenters. The summed E-state index contributed by atoms with van der Waals surface area (Å²) in [7, 11) is 0. The molecule has 2 N–H and O–H groups in total. The maximum absolute atomic E-state index is 12.5. The zero-order chi connectivity index (χ0) is 17.7. The molecule has 0 spiro atoms. The van der Waals surface area contributed by atoms with Crippen LogP contribution < -0.4 is 5.32 Å². The van der Waals surface area contributed by atoms with Crippen molar-refractivity contribution in [3.63, 3.8) is 0 Å². The summed E-state index contributed by atoms with van der Waals surface area (Å²) in [6, 6.07) is 0.246. The Labute approximate surface area is 149 Å². The van der Waals surface area contributed by atoms with E-state index in [9.17, 15) is 9.90 Å². The van der Waals surface area contributed by atoms with Gasteiger partial charge in [-0.25, -0.2) is 0 Å². The number of hydrogen-bond acceptors (Lipinski definition) is 4. The van der Waals surface area contributed by atoms with Gasteiger partial charge in [0.1, 0.15) is 11.3 Å². The minimum Gasteiger partial charge on any atom is -0.383 e. The smallest absolute Gasteiger partial charge is 0.223 e. The van der Waals surface area contributed by atoms with Gasteiger partial charge in [-0.2, -0.15) is 0 Å². The predicted molar refractivity (Wildman–Crippen MR) is 93.5 cm³/mol. The van der Waals surface area contributed by atoms with Crippen LogP contribution in [0.1, 0.15) is 70.9 Å². The Morgan fingerprint density at radius 2 is 2.08 bits per heavy atom. The van der Waals surface area contributed by atoms with Gasteiger partial charge in [0, 0.05) is 18.5 Å². The Hall–Kier alpha value is -1.43. The normalized spacial score (nSPS) is 30.5. The Balaban J connectivity index is 1.33. The number of amides is 1. The molecule has 0 saturated heterocycles. The van der Waals surface area contributed by atoms with E-state index in [1.807, 2.05) is 10.9 Å². The number of nitrogens with one attached hydrogen (secondary N) is 1. The Bertz CT molecular complexity index is 642. The molecule has 3 fully saturated rings. The Morgan fingerprint density at radius 1 is 1.32 bits per heavy atom. The first-order valence-corrected chi connectivity index (χ1v) is 9.78. The minimum atomic E-state index is -0.751. The van der Waals surface area contributed by atoms with Crippen LogP contribution in [0.25, 0.3) is 0 Å². The topological polar surface area (TPSA) is 80.0 Å². The molecule has 0 aromatic carbocycles. The van der Waals surface area contributed by atoms with Gasteiger partial charge in [-0.05, 0) is 56.3 Å². The number of carbonyl (C=O) groups is 1. The highest BCUT2D eigenvalue weighted by Gasteiger charge is 2.42. The lowest BCUT2D eigenvalue weighted by atomic mass is 9.64. The fraction of sp³-hybridized carbons (Fsp3) is 0.842. The van der Waals surface area contributed by atoms with Crippen molar-refractivity contribution in [2.24, 2.45) is 17.3 Å². The first-order valence-electron chi connectivity index (χ1n) is 9.78. The highest BCUT2D eigenvalue weighted by molar-refractivity contribution is 5.80. The van der Waals surface area contributed by atoms with E-state index >= 15 is 0 Å². The van der Waals surface area contributed by atoms with E-state index in [1.165, 1.54) is 0 Å². The first-order chi connectivity index (χ1) is 11.8. The molecule has 0 bridgehead atoms. The summed E-state index contributed by atoms with van der Waals surface area (Å²) >= 11 is 0. The summed E-state index contributed by atoms with van der Waals surface area (Å²) in [6.07, 6.45) is 9.83. The summed E-state index contributed by atoms with van der Waals surface area (Å²) in [5.41, 5.74) is 0.281. The van der Waals surface area contributed by atoms with Crippen LogP contribution in [0.5, 0.6) is 0 Å². The molecule has 138 valence electrons. The average molecular weight is 346 g/mol. The number of carbonyl (C=O) groups excluding carboxylic acids is 1. The van der Waals surface area contributed by atoms with Crippen molar-refractivity contribution in [2.45, 2.75) is 83.4 Å². The lowest BCUT2D eigenvalue weighted by Crippen LogP contribution is -2.47. The summed E-state index contributed by atoms with van der Waals surface area (Å²) in [4.78, 5) is 12.5. The average Bonchev–Trinajstić information content (AvgIpc) is 3.13. The van der Waals surface area contributed by atoms with Crippen LogP contribution in [0.15, 0.2) is 6.20 Å². The Morgan fingerprint density at radius 3 is 2.72 bits per heavy atom. The molecule has 3 aliphatic carbocycles. The van der Waals surface area contributed by atoms with Crippen LogP contribution in [-0.4, -0.2) is 32.0 Å². The van der Waals surface area contributed by atoms with Gasteiger partial charge in [0.2, 0.25) is 5.91 Å². The van der Waals surface area contributed by atoms with E-state index < -0.39 is 5.60 Å². The van der Waals surface area contributed by atoms with E-state index in [0.717, 1.165) is 57.9 Å². The molecule has 3 aliphatic rings. The first kappa shape index (κ1) is 17.0. The molecule has 3 saturated carbocycles. The van der Waals surface area contributed by atoms with E-state index in [-0.39, 0.29) is 17.9 Å². The van der Waals surface area contributed by atoms with Crippen molar-refractivity contribution in [1.82, 2.24) is 20.3 Å². The zero-order valence-electron chi connectivity index (χ0n) is 15.4. The predicted octanol–water partition coefficient (Wildman–Crippen LogP) is 2.37. The van der Waals surface area contributed by atoms with Gasteiger partial charge in [-0.1, -0.05) is 25.5 Å². The molecule has 1 aromatic heterocycles. The molecule has 25 heavy (non-hydrogen) atoms. The molecule has 6 nitrogen and oxygen atoms in total. The number of rotatable bonds is 5. The number of nitrogens with zero attached hydrogens (tertiary/aromatic N) is 3. The molecular formula is C19H30N4O2. The second kappa shape index (κ2) is 6.08. The van der Waals surface area contributed by atoms with Gasteiger partial charge < -0.3 is 10.4 Å². The number of aromatic nitrogens is 3. The summed E-state index contributed by atoms with van der Waals surface area (Å²) in [6.45, 7) is 5.23. The molecule has 1 heterocycles. The highest BCUT2D eigenvalue weighted by Crippen LogP contribution is 2.45. The van der Waals surface area contributed by atoms with Crippen molar-refractivity contribution in [2.75, 3.05) is 0 Å². The number of aliphatic hydroxyl groups is 1. The SMILES string of the molecule is CC1(C)CC(C(=O)N[C@@H]2CCC[C@@H]2Cn2cc(C3(O)CCC3)nn2)C1. The molecular weight excluding hydrogens is 316 g/mol. The van der Waals surface area contributed by atoms with Crippen LogP contribution in [0.3, 0.4) is 0 Å². The molecule has 1 amide bonds. The van der Waals surface area contributed by atoms with Crippen molar-refractivity contribution in [3.8, 4) is 0 Å². The second-order valence-corrected chi connectivity index (χ2v) is 9.29. The third-order valence-electron chi connectivity index (χ3n) is 6.57. The van der Waals surface area contributed by atoms with E-state index in [4.69, 9.17) is 0 Å². The fourth-order valence-corrected chi connectivity index (χ4v) is 4.81. The fourth-order valence-electron chi connectivity index (χ4n) is 4.81. The number of hydrogen-bond donors (Lipinski definition) is 2. The third-order valence-corrected chi connectivity index (χ3v) is 6.57. The molecule has 6 heteroatoms. The maximum Gasteiger partial charge on any atom is 0.223 e. The quantitative estimate of drug-likeness (QED) is 0.858. The second-order valence-electron chi connectivity index (χ2n) is 9.29. The standard InChI is InChI=1S/C19H30N4O2/c1-18(2)9-14(10-18)17(24)20-15-6-3-5-13(15)11-23-12-16(21-22-23)19(25)7-4-8-19/h12-15,25H,3-11H2,1-2H3,(H,20,24)/t13-,15-/m1/s1. The van der Waals surface area contributed by atoms with E-state index in [1.54, 1.807) is 0 Å². The van der Waals surface area contributed by atoms with Gasteiger partial charge in [-0.3, -0.25) is 9.48 Å². The van der Waals surface area contributed by atoms with Gasteiger partial charge in [0.15, 0.2) is 0 Å². The van der Waals surface area contributed by atoms with Crippen LogP contribution in [-0.2, 0) is 16.9 Å². The molecule has 1 aromatic rings. The monoisotopic (exact) mass is 346 g/mol. The largest absolute Gasteiger partial charge is 0.383 e. The van der Waals surface area contributed by atoms with Crippen LogP contribution in [0.2, 0.25) is 0 Å². The lowest BCUT2D eigenvalue weighted by molar-refractivity contribution is -0.132. The van der Waals surface area contributed by atoms with E-state index in [0.29, 0.717) is 17.0 Å². The summed E-state index contributed by atoms with van der Waals surface area (Å²) < 4.78 is 1.85. The van der Waals surface area contributed by atoms with Crippen LogP contribution in [0, 0.1) is 17.3 Å². The van der Waals surface area contributed by atoms with Crippen molar-refractivity contribution < 1.29 is 9.90 Å². The molecule has 0 aliphatic heterocycles. The lowest BCUT2D eigenvalue weighted by Gasteiger charge is -2.42. The van der Waals surface area contributed by atoms with Crippen molar-refractivity contribution in [3.05, 3.63) is 11.9 Å². The zero-order valence-corrected chi connectivity index (χ0v) is 15.4. The summed E-state index contributed by atoms with van der Waals surface area (Å²) in [5, 5.41) is 22.1. The molecule has 0 unspecified atom stereocenters. The highest BCUT2D eigenvalue weighted by atomic mass is 16.3. The molecule has 0 radical (unpaired) electrons. The van der Waals surface area contributed by atoms with Crippen LogP contribution >= 0.6 is 0 Å².